The molecule has 0 aliphatic carbocycles. The number of hydrogen-bond donors (Lipinski definition) is 1. The molecule has 3 unspecified atom stereocenters. The molecule has 0 bridgehead atoms. The van der Waals surface area contributed by atoms with Crippen LogP contribution in [0.25, 0.3) is 0 Å². The Labute approximate surface area is 89.1 Å². The van der Waals surface area contributed by atoms with Gasteiger partial charge in [-0.1, -0.05) is 20.3 Å². The molecule has 1 aliphatic rings. The van der Waals surface area contributed by atoms with E-state index in [9.17, 15) is 0 Å². The summed E-state index contributed by atoms with van der Waals surface area (Å²) in [5.74, 6) is 0. The van der Waals surface area contributed by atoms with Crippen LogP contribution in [-0.4, -0.2) is 36.1 Å². The minimum Gasteiger partial charge on any atom is -0.311 e. The van der Waals surface area contributed by atoms with Crippen LogP contribution in [0.2, 0.25) is 0 Å². The van der Waals surface area contributed by atoms with Gasteiger partial charge in [0.05, 0.1) is 0 Å². The van der Waals surface area contributed by atoms with Crippen molar-refractivity contribution in [3.8, 4) is 0 Å². The first kappa shape index (κ1) is 12.0. The van der Waals surface area contributed by atoms with E-state index in [1.807, 2.05) is 0 Å². The molecule has 3 atom stereocenters. The molecular formula is C12H26N2. The molecule has 0 aromatic rings. The predicted octanol–water partition coefficient (Wildman–Crippen LogP) is 2.25. The lowest BCUT2D eigenvalue weighted by atomic mass is 10.0. The maximum Gasteiger partial charge on any atom is 0.0195 e. The van der Waals surface area contributed by atoms with Gasteiger partial charge in [-0.2, -0.15) is 0 Å². The summed E-state index contributed by atoms with van der Waals surface area (Å²) < 4.78 is 0. The molecular weight excluding hydrogens is 172 g/mol. The molecule has 1 fully saturated rings. The Morgan fingerprint density at radius 3 is 2.71 bits per heavy atom. The third-order valence-electron chi connectivity index (χ3n) is 3.49. The topological polar surface area (TPSA) is 15.3 Å². The van der Waals surface area contributed by atoms with Crippen molar-refractivity contribution < 1.29 is 0 Å². The molecule has 0 radical (unpaired) electrons. The van der Waals surface area contributed by atoms with Crippen molar-refractivity contribution >= 4 is 0 Å². The normalized spacial score (nSPS) is 31.7. The molecule has 1 saturated heterocycles. The Morgan fingerprint density at radius 1 is 1.43 bits per heavy atom. The zero-order chi connectivity index (χ0) is 10.6. The summed E-state index contributed by atoms with van der Waals surface area (Å²) >= 11 is 0. The van der Waals surface area contributed by atoms with Crippen LogP contribution < -0.4 is 5.32 Å². The third-order valence-corrected chi connectivity index (χ3v) is 3.49. The van der Waals surface area contributed by atoms with E-state index in [0.29, 0.717) is 6.04 Å². The number of nitrogens with one attached hydrogen (secondary N) is 1. The first-order chi connectivity index (χ1) is 6.69. The first-order valence-electron chi connectivity index (χ1n) is 6.18. The van der Waals surface area contributed by atoms with E-state index in [-0.39, 0.29) is 0 Å². The summed E-state index contributed by atoms with van der Waals surface area (Å²) in [6.07, 6.45) is 3.88. The molecule has 84 valence electrons. The van der Waals surface area contributed by atoms with E-state index in [2.05, 4.69) is 37.9 Å². The summed E-state index contributed by atoms with van der Waals surface area (Å²) in [7, 11) is 0. The van der Waals surface area contributed by atoms with Gasteiger partial charge in [0.15, 0.2) is 0 Å². The summed E-state index contributed by atoms with van der Waals surface area (Å²) in [6.45, 7) is 11.6. The third kappa shape index (κ3) is 2.96. The fraction of sp³-hybridized carbons (Fsp3) is 1.00. The highest BCUT2D eigenvalue weighted by atomic mass is 15.2. The summed E-state index contributed by atoms with van der Waals surface area (Å²) in [6, 6.07) is 2.18. The monoisotopic (exact) mass is 198 g/mol. The van der Waals surface area contributed by atoms with Crippen molar-refractivity contribution in [3.63, 3.8) is 0 Å². The fourth-order valence-corrected chi connectivity index (χ4v) is 2.34. The molecule has 14 heavy (non-hydrogen) atoms. The Hall–Kier alpha value is -0.0800. The molecule has 2 nitrogen and oxygen atoms in total. The van der Waals surface area contributed by atoms with Gasteiger partial charge in [0.1, 0.15) is 0 Å². The second-order valence-electron chi connectivity index (χ2n) is 4.70. The van der Waals surface area contributed by atoms with Gasteiger partial charge in [-0.05, 0) is 26.7 Å². The van der Waals surface area contributed by atoms with Gasteiger partial charge in [-0.15, -0.1) is 0 Å². The molecule has 1 aliphatic heterocycles. The van der Waals surface area contributed by atoms with E-state index < -0.39 is 0 Å². The smallest absolute Gasteiger partial charge is 0.0195 e. The van der Waals surface area contributed by atoms with Crippen LogP contribution in [0.1, 0.15) is 47.0 Å². The lowest BCUT2D eigenvalue weighted by Crippen LogP contribution is -2.57. The average molecular weight is 198 g/mol. The summed E-state index contributed by atoms with van der Waals surface area (Å²) in [4.78, 5) is 2.66. The van der Waals surface area contributed by atoms with E-state index in [4.69, 9.17) is 0 Å². The van der Waals surface area contributed by atoms with Gasteiger partial charge in [-0.25, -0.2) is 0 Å². The molecule has 0 saturated carbocycles. The van der Waals surface area contributed by atoms with Crippen LogP contribution in [0.4, 0.5) is 0 Å². The van der Waals surface area contributed by atoms with Crippen molar-refractivity contribution in [1.82, 2.24) is 10.2 Å². The van der Waals surface area contributed by atoms with Crippen LogP contribution in [0.15, 0.2) is 0 Å². The summed E-state index contributed by atoms with van der Waals surface area (Å²) in [5, 5.41) is 3.64. The van der Waals surface area contributed by atoms with Crippen LogP contribution in [0.5, 0.6) is 0 Å². The highest BCUT2D eigenvalue weighted by Gasteiger charge is 2.26. The van der Waals surface area contributed by atoms with Crippen molar-refractivity contribution in [1.29, 1.82) is 0 Å². The Bertz CT molecular complexity index is 154. The standard InChI is InChI=1S/C12H26N2/c1-5-7-12-9-14(10(3)6-2)11(4)8-13-12/h10-13H,5-9H2,1-4H3. The van der Waals surface area contributed by atoms with Gasteiger partial charge in [0, 0.05) is 31.2 Å². The van der Waals surface area contributed by atoms with Crippen molar-refractivity contribution in [2.45, 2.75) is 65.1 Å². The quantitative estimate of drug-likeness (QED) is 0.745. The minimum atomic E-state index is 0.707. The summed E-state index contributed by atoms with van der Waals surface area (Å²) in [5.41, 5.74) is 0. The molecule has 0 amide bonds. The van der Waals surface area contributed by atoms with Crippen LogP contribution in [0.3, 0.4) is 0 Å². The highest BCUT2D eigenvalue weighted by Crippen LogP contribution is 2.15. The van der Waals surface area contributed by atoms with Gasteiger partial charge >= 0.3 is 0 Å². The molecule has 1 heterocycles. The maximum atomic E-state index is 3.64. The van der Waals surface area contributed by atoms with Gasteiger partial charge in [0.25, 0.3) is 0 Å². The lowest BCUT2D eigenvalue weighted by Gasteiger charge is -2.42. The van der Waals surface area contributed by atoms with Crippen molar-refractivity contribution in [3.05, 3.63) is 0 Å². The average Bonchev–Trinajstić information content (AvgIpc) is 2.20. The van der Waals surface area contributed by atoms with E-state index >= 15 is 0 Å². The van der Waals surface area contributed by atoms with E-state index in [0.717, 1.165) is 18.6 Å². The van der Waals surface area contributed by atoms with Crippen molar-refractivity contribution in [2.24, 2.45) is 0 Å². The van der Waals surface area contributed by atoms with Crippen molar-refractivity contribution in [2.75, 3.05) is 13.1 Å². The fourth-order valence-electron chi connectivity index (χ4n) is 2.34. The molecule has 0 spiro atoms. The van der Waals surface area contributed by atoms with Crippen LogP contribution in [-0.2, 0) is 0 Å². The SMILES string of the molecule is CCCC1CN(C(C)CC)C(C)CN1. The lowest BCUT2D eigenvalue weighted by molar-refractivity contribution is 0.0940. The zero-order valence-corrected chi connectivity index (χ0v) is 10.2. The van der Waals surface area contributed by atoms with Crippen LogP contribution in [0, 0.1) is 0 Å². The van der Waals surface area contributed by atoms with Gasteiger partial charge in [0.2, 0.25) is 0 Å². The molecule has 1 rings (SSSR count). The second-order valence-corrected chi connectivity index (χ2v) is 4.70. The second kappa shape index (κ2) is 5.72. The molecule has 1 N–H and O–H groups in total. The Morgan fingerprint density at radius 2 is 2.14 bits per heavy atom. The molecule has 0 aromatic heterocycles. The molecule has 2 heteroatoms. The number of nitrogens with zero attached hydrogens (tertiary/aromatic N) is 1. The predicted molar refractivity (Wildman–Crippen MR) is 62.6 cm³/mol. The number of rotatable bonds is 4. The highest BCUT2D eigenvalue weighted by molar-refractivity contribution is 4.85. The zero-order valence-electron chi connectivity index (χ0n) is 10.2. The van der Waals surface area contributed by atoms with E-state index in [1.54, 1.807) is 0 Å². The Kier molecular flexibility index (Phi) is 4.90. The maximum absolute atomic E-state index is 3.64. The van der Waals surface area contributed by atoms with E-state index in [1.165, 1.54) is 25.8 Å². The largest absolute Gasteiger partial charge is 0.311 e. The van der Waals surface area contributed by atoms with Crippen LogP contribution >= 0.6 is 0 Å². The van der Waals surface area contributed by atoms with Gasteiger partial charge < -0.3 is 5.32 Å². The molecule has 0 aromatic carbocycles. The van der Waals surface area contributed by atoms with Gasteiger partial charge in [-0.3, -0.25) is 4.90 Å². The number of piperazine rings is 1. The number of hydrogen-bond acceptors (Lipinski definition) is 2. The minimum absolute atomic E-state index is 0.707. The Balaban J connectivity index is 2.46. The first-order valence-corrected chi connectivity index (χ1v) is 6.18.